The first-order valence-corrected chi connectivity index (χ1v) is 5.59. The first-order valence-electron chi connectivity index (χ1n) is 4.71. The van der Waals surface area contributed by atoms with Crippen molar-refractivity contribution >= 4 is 17.3 Å². The van der Waals surface area contributed by atoms with Gasteiger partial charge in [0.05, 0.1) is 5.51 Å². The average molecular weight is 253 g/mol. The monoisotopic (exact) mass is 253 g/mol. The fourth-order valence-corrected chi connectivity index (χ4v) is 1.89. The van der Waals surface area contributed by atoms with E-state index >= 15 is 0 Å². The number of aromatic nitrogens is 1. The largest absolute Gasteiger partial charge is 0.484 e. The van der Waals surface area contributed by atoms with Crippen LogP contribution in [0.15, 0.2) is 29.8 Å². The Hall–Kier alpha value is -1.95. The van der Waals surface area contributed by atoms with Crippen molar-refractivity contribution in [3.8, 4) is 5.75 Å². The summed E-state index contributed by atoms with van der Waals surface area (Å²) in [5.41, 5.74) is 1.72. The van der Waals surface area contributed by atoms with Gasteiger partial charge in [-0.15, -0.1) is 11.3 Å². The lowest BCUT2D eigenvalue weighted by Gasteiger charge is -2.05. The molecule has 0 amide bonds. The number of hydrogen-bond acceptors (Lipinski definition) is 4. The van der Waals surface area contributed by atoms with Gasteiger partial charge in [-0.05, 0) is 12.1 Å². The number of benzene rings is 1. The molecule has 0 saturated heterocycles. The standard InChI is InChI=1S/C11H8FNO3S/c12-7-3-1-2-4-9(7)16-5-8-10(11(14)15)17-6-13-8/h1-4,6H,5H2,(H,14,15). The summed E-state index contributed by atoms with van der Waals surface area (Å²) >= 11 is 1.01. The van der Waals surface area contributed by atoms with Gasteiger partial charge >= 0.3 is 5.97 Å². The topological polar surface area (TPSA) is 59.4 Å². The van der Waals surface area contributed by atoms with E-state index in [2.05, 4.69) is 4.98 Å². The van der Waals surface area contributed by atoms with Crippen LogP contribution in [0.25, 0.3) is 0 Å². The molecule has 0 fully saturated rings. The Morgan fingerprint density at radius 2 is 2.24 bits per heavy atom. The molecule has 1 N–H and O–H groups in total. The van der Waals surface area contributed by atoms with E-state index < -0.39 is 11.8 Å². The van der Waals surface area contributed by atoms with Crippen molar-refractivity contribution in [3.05, 3.63) is 46.2 Å². The molecule has 1 aromatic heterocycles. The number of thiazole rings is 1. The number of nitrogens with zero attached hydrogens (tertiary/aromatic N) is 1. The molecule has 0 bridgehead atoms. The van der Waals surface area contributed by atoms with Crippen molar-refractivity contribution in [2.75, 3.05) is 0 Å². The number of carboxylic acids is 1. The molecule has 1 heterocycles. The van der Waals surface area contributed by atoms with Crippen LogP contribution in [0.2, 0.25) is 0 Å². The van der Waals surface area contributed by atoms with Crippen molar-refractivity contribution in [2.45, 2.75) is 6.61 Å². The minimum absolute atomic E-state index is 0.0634. The molecule has 1 aromatic carbocycles. The van der Waals surface area contributed by atoms with Crippen molar-refractivity contribution in [1.82, 2.24) is 4.98 Å². The summed E-state index contributed by atoms with van der Waals surface area (Å²) in [5.74, 6) is -1.46. The van der Waals surface area contributed by atoms with Gasteiger partial charge in [-0.25, -0.2) is 14.2 Å². The van der Waals surface area contributed by atoms with E-state index in [-0.39, 0.29) is 17.2 Å². The minimum Gasteiger partial charge on any atom is -0.484 e. The molecule has 2 rings (SSSR count). The van der Waals surface area contributed by atoms with E-state index in [0.717, 1.165) is 11.3 Å². The van der Waals surface area contributed by atoms with Gasteiger partial charge in [0.1, 0.15) is 17.2 Å². The minimum atomic E-state index is -1.06. The third-order valence-electron chi connectivity index (χ3n) is 2.04. The molecule has 0 unspecified atom stereocenters. The molecular formula is C11H8FNO3S. The maximum absolute atomic E-state index is 13.2. The molecule has 17 heavy (non-hydrogen) atoms. The van der Waals surface area contributed by atoms with E-state index in [0.29, 0.717) is 5.69 Å². The Kier molecular flexibility index (Phi) is 3.34. The van der Waals surface area contributed by atoms with Crippen LogP contribution < -0.4 is 4.74 Å². The van der Waals surface area contributed by atoms with Crippen LogP contribution in [0.5, 0.6) is 5.75 Å². The second kappa shape index (κ2) is 4.92. The zero-order valence-corrected chi connectivity index (χ0v) is 9.41. The highest BCUT2D eigenvalue weighted by Gasteiger charge is 2.14. The van der Waals surface area contributed by atoms with E-state index in [4.69, 9.17) is 9.84 Å². The molecule has 88 valence electrons. The van der Waals surface area contributed by atoms with Crippen molar-refractivity contribution in [3.63, 3.8) is 0 Å². The second-order valence-corrected chi connectivity index (χ2v) is 4.01. The summed E-state index contributed by atoms with van der Waals surface area (Å²) in [6, 6.07) is 5.93. The predicted octanol–water partition coefficient (Wildman–Crippen LogP) is 2.56. The van der Waals surface area contributed by atoms with Gasteiger partial charge in [-0.3, -0.25) is 0 Å². The molecule has 4 nitrogen and oxygen atoms in total. The maximum Gasteiger partial charge on any atom is 0.347 e. The van der Waals surface area contributed by atoms with Gasteiger partial charge in [0.2, 0.25) is 0 Å². The van der Waals surface area contributed by atoms with Crippen LogP contribution in [0.4, 0.5) is 4.39 Å². The van der Waals surface area contributed by atoms with Gasteiger partial charge in [0.25, 0.3) is 0 Å². The molecule has 0 aliphatic carbocycles. The van der Waals surface area contributed by atoms with Crippen molar-refractivity contribution < 1.29 is 19.0 Å². The van der Waals surface area contributed by atoms with Gasteiger partial charge < -0.3 is 9.84 Å². The van der Waals surface area contributed by atoms with E-state index in [1.165, 1.54) is 17.6 Å². The molecule has 2 aromatic rings. The summed E-state index contributed by atoms with van der Waals surface area (Å²) in [4.78, 5) is 14.8. The van der Waals surface area contributed by atoms with Crippen LogP contribution in [-0.2, 0) is 6.61 Å². The summed E-state index contributed by atoms with van der Waals surface area (Å²) in [5, 5.41) is 8.85. The fraction of sp³-hybridized carbons (Fsp3) is 0.0909. The third-order valence-corrected chi connectivity index (χ3v) is 2.89. The molecule has 0 saturated carbocycles. The maximum atomic E-state index is 13.2. The highest BCUT2D eigenvalue weighted by Crippen LogP contribution is 2.19. The van der Waals surface area contributed by atoms with Crippen molar-refractivity contribution in [1.29, 1.82) is 0 Å². The van der Waals surface area contributed by atoms with Crippen molar-refractivity contribution in [2.24, 2.45) is 0 Å². The number of carbonyl (C=O) groups is 1. The Morgan fingerprint density at radius 1 is 1.47 bits per heavy atom. The summed E-state index contributed by atoms with van der Waals surface area (Å²) in [6.07, 6.45) is 0. The normalized spacial score (nSPS) is 10.2. The van der Waals surface area contributed by atoms with E-state index in [9.17, 15) is 9.18 Å². The quantitative estimate of drug-likeness (QED) is 0.909. The highest BCUT2D eigenvalue weighted by molar-refractivity contribution is 7.11. The first kappa shape index (κ1) is 11.5. The SMILES string of the molecule is O=C(O)c1scnc1COc1ccccc1F. The molecular weight excluding hydrogens is 245 g/mol. The van der Waals surface area contributed by atoms with Crippen LogP contribution in [0, 0.1) is 5.82 Å². The Bertz CT molecular complexity index is 541. The van der Waals surface area contributed by atoms with Gasteiger partial charge in [-0.1, -0.05) is 12.1 Å². The molecule has 0 spiro atoms. The highest BCUT2D eigenvalue weighted by atomic mass is 32.1. The smallest absolute Gasteiger partial charge is 0.347 e. The average Bonchev–Trinajstić information content (AvgIpc) is 2.76. The first-order chi connectivity index (χ1) is 8.18. The second-order valence-electron chi connectivity index (χ2n) is 3.15. The number of hydrogen-bond donors (Lipinski definition) is 1. The lowest BCUT2D eigenvalue weighted by atomic mass is 10.3. The molecule has 0 aliphatic rings. The molecule has 0 atom stereocenters. The zero-order valence-electron chi connectivity index (χ0n) is 8.59. The van der Waals surface area contributed by atoms with Crippen LogP contribution in [-0.4, -0.2) is 16.1 Å². The lowest BCUT2D eigenvalue weighted by Crippen LogP contribution is -2.04. The number of rotatable bonds is 4. The Balaban J connectivity index is 2.10. The van der Waals surface area contributed by atoms with Crippen LogP contribution in [0.3, 0.4) is 0 Å². The molecule has 0 aliphatic heterocycles. The number of halogens is 1. The predicted molar refractivity (Wildman–Crippen MR) is 59.8 cm³/mol. The van der Waals surface area contributed by atoms with Crippen LogP contribution in [0.1, 0.15) is 15.4 Å². The number of aromatic carboxylic acids is 1. The Labute approximate surface area is 100 Å². The fourth-order valence-electron chi connectivity index (χ4n) is 1.25. The van der Waals surface area contributed by atoms with E-state index in [1.807, 2.05) is 0 Å². The summed E-state index contributed by atoms with van der Waals surface area (Å²) in [7, 11) is 0. The van der Waals surface area contributed by atoms with Gasteiger partial charge in [-0.2, -0.15) is 0 Å². The summed E-state index contributed by atoms with van der Waals surface area (Å²) in [6.45, 7) is -0.0634. The molecule has 0 radical (unpaired) electrons. The van der Waals surface area contributed by atoms with Gasteiger partial charge in [0.15, 0.2) is 11.6 Å². The zero-order chi connectivity index (χ0) is 12.3. The summed E-state index contributed by atoms with van der Waals surface area (Å²) < 4.78 is 18.4. The lowest BCUT2D eigenvalue weighted by molar-refractivity contribution is 0.0699. The Morgan fingerprint density at radius 3 is 2.94 bits per heavy atom. The number of ether oxygens (including phenoxy) is 1. The molecule has 6 heteroatoms. The number of carboxylic acid groups (broad SMARTS) is 1. The van der Waals surface area contributed by atoms with E-state index in [1.54, 1.807) is 12.1 Å². The van der Waals surface area contributed by atoms with Gasteiger partial charge in [0, 0.05) is 0 Å². The third kappa shape index (κ3) is 2.59. The van der Waals surface area contributed by atoms with Crippen LogP contribution >= 0.6 is 11.3 Å². The number of para-hydroxylation sites is 1.